The van der Waals surface area contributed by atoms with E-state index in [9.17, 15) is 4.39 Å². The van der Waals surface area contributed by atoms with Gasteiger partial charge in [-0.05, 0) is 43.1 Å². The average Bonchev–Trinajstić information content (AvgIpc) is 2.04. The third-order valence-corrected chi connectivity index (χ3v) is 2.42. The Kier molecular flexibility index (Phi) is 3.28. The number of hydrogen-bond acceptors (Lipinski definition) is 1. The van der Waals surface area contributed by atoms with E-state index in [1.807, 2.05) is 6.07 Å². The first kappa shape index (κ1) is 10.5. The summed E-state index contributed by atoms with van der Waals surface area (Å²) >= 11 is 0. The third kappa shape index (κ3) is 2.01. The first-order valence-electron chi connectivity index (χ1n) is 4.29. The molecule has 1 atom stereocenters. The van der Waals surface area contributed by atoms with Crippen LogP contribution in [0.15, 0.2) is 18.2 Å². The fraction of sp³-hybridized carbons (Fsp3) is 0.400. The molecular weight excluding hydrogens is 189 g/mol. The van der Waals surface area contributed by atoms with Crippen molar-refractivity contribution < 1.29 is 4.39 Å². The smallest absolute Gasteiger partial charge is 0.123 e. The molecule has 1 aliphatic rings. The van der Waals surface area contributed by atoms with Crippen LogP contribution >= 0.6 is 12.4 Å². The lowest BCUT2D eigenvalue weighted by Gasteiger charge is -2.23. The minimum absolute atomic E-state index is 0. The van der Waals surface area contributed by atoms with E-state index in [0.717, 1.165) is 18.5 Å². The van der Waals surface area contributed by atoms with Gasteiger partial charge in [-0.15, -0.1) is 12.4 Å². The molecular formula is C10H13ClFN. The summed E-state index contributed by atoms with van der Waals surface area (Å²) in [4.78, 5) is 0. The predicted octanol–water partition coefficient (Wildman–Crippen LogP) is 2.45. The lowest BCUT2D eigenvalue weighted by molar-refractivity contribution is 0.534. The van der Waals surface area contributed by atoms with Crippen molar-refractivity contribution >= 4 is 12.4 Å². The van der Waals surface area contributed by atoms with E-state index in [2.05, 4.69) is 12.2 Å². The molecule has 0 bridgehead atoms. The highest BCUT2D eigenvalue weighted by molar-refractivity contribution is 5.85. The summed E-state index contributed by atoms with van der Waals surface area (Å²) in [7, 11) is 0. The Labute approximate surface area is 83.8 Å². The van der Waals surface area contributed by atoms with E-state index in [1.54, 1.807) is 6.07 Å². The molecule has 13 heavy (non-hydrogen) atoms. The summed E-state index contributed by atoms with van der Waals surface area (Å²) in [5.74, 6) is -0.122. The van der Waals surface area contributed by atoms with Crippen LogP contribution in [0.5, 0.6) is 0 Å². The van der Waals surface area contributed by atoms with Gasteiger partial charge in [0.15, 0.2) is 0 Å². The highest BCUT2D eigenvalue weighted by Crippen LogP contribution is 2.22. The minimum Gasteiger partial charge on any atom is -0.310 e. The van der Waals surface area contributed by atoms with Crippen LogP contribution in [0.1, 0.15) is 24.1 Å². The maximum Gasteiger partial charge on any atom is 0.123 e. The van der Waals surface area contributed by atoms with Gasteiger partial charge in [0.05, 0.1) is 0 Å². The summed E-state index contributed by atoms with van der Waals surface area (Å²) < 4.78 is 12.8. The van der Waals surface area contributed by atoms with E-state index in [-0.39, 0.29) is 18.2 Å². The van der Waals surface area contributed by atoms with Crippen molar-refractivity contribution in [2.45, 2.75) is 19.4 Å². The van der Waals surface area contributed by atoms with E-state index in [0.29, 0.717) is 6.04 Å². The second-order valence-electron chi connectivity index (χ2n) is 3.27. The quantitative estimate of drug-likeness (QED) is 0.680. The summed E-state index contributed by atoms with van der Waals surface area (Å²) in [6, 6.07) is 5.42. The highest BCUT2D eigenvalue weighted by Gasteiger charge is 2.15. The van der Waals surface area contributed by atoms with Crippen LogP contribution in [0.4, 0.5) is 4.39 Å². The molecule has 0 spiro atoms. The largest absolute Gasteiger partial charge is 0.310 e. The molecule has 1 unspecified atom stereocenters. The lowest BCUT2D eigenvalue weighted by Crippen LogP contribution is -2.27. The maximum absolute atomic E-state index is 12.8. The molecule has 2 rings (SSSR count). The van der Waals surface area contributed by atoms with Gasteiger partial charge in [0.1, 0.15) is 5.82 Å². The molecule has 0 amide bonds. The van der Waals surface area contributed by atoms with Crippen molar-refractivity contribution in [3.63, 3.8) is 0 Å². The Morgan fingerprint density at radius 2 is 2.23 bits per heavy atom. The Morgan fingerprint density at radius 3 is 3.00 bits per heavy atom. The monoisotopic (exact) mass is 201 g/mol. The van der Waals surface area contributed by atoms with E-state index in [1.165, 1.54) is 11.6 Å². The van der Waals surface area contributed by atoms with Crippen LogP contribution in [0.3, 0.4) is 0 Å². The average molecular weight is 202 g/mol. The number of fused-ring (bicyclic) bond motifs is 1. The fourth-order valence-corrected chi connectivity index (χ4v) is 1.75. The van der Waals surface area contributed by atoms with Crippen LogP contribution in [-0.4, -0.2) is 6.54 Å². The normalized spacial score (nSPS) is 20.3. The van der Waals surface area contributed by atoms with Crippen molar-refractivity contribution in [2.75, 3.05) is 6.54 Å². The molecule has 1 N–H and O–H groups in total. The van der Waals surface area contributed by atoms with Crippen molar-refractivity contribution in [1.82, 2.24) is 5.32 Å². The summed E-state index contributed by atoms with van der Waals surface area (Å²) in [5.41, 5.74) is 2.39. The standard InChI is InChI=1S/C10H12FN.ClH/c1-7-10-3-2-9(11)6-8(10)4-5-12-7;/h2-3,6-7,12H,4-5H2,1H3;1H. The predicted molar refractivity (Wildman–Crippen MR) is 53.8 cm³/mol. The highest BCUT2D eigenvalue weighted by atomic mass is 35.5. The van der Waals surface area contributed by atoms with Crippen molar-refractivity contribution in [3.05, 3.63) is 35.1 Å². The minimum atomic E-state index is -0.122. The zero-order valence-electron chi connectivity index (χ0n) is 7.51. The van der Waals surface area contributed by atoms with Gasteiger partial charge in [-0.3, -0.25) is 0 Å². The van der Waals surface area contributed by atoms with E-state index in [4.69, 9.17) is 0 Å². The molecule has 1 aromatic rings. The Hall–Kier alpha value is -0.600. The molecule has 72 valence electrons. The molecule has 0 fully saturated rings. The van der Waals surface area contributed by atoms with E-state index < -0.39 is 0 Å². The second kappa shape index (κ2) is 4.07. The van der Waals surface area contributed by atoms with Gasteiger partial charge in [-0.1, -0.05) is 6.07 Å². The van der Waals surface area contributed by atoms with Gasteiger partial charge in [0, 0.05) is 6.04 Å². The number of benzene rings is 1. The molecule has 1 heterocycles. The topological polar surface area (TPSA) is 12.0 Å². The number of rotatable bonds is 0. The zero-order valence-corrected chi connectivity index (χ0v) is 8.33. The van der Waals surface area contributed by atoms with Crippen LogP contribution in [0.2, 0.25) is 0 Å². The molecule has 1 aliphatic heterocycles. The Balaban J connectivity index is 0.000000845. The molecule has 0 radical (unpaired) electrons. The summed E-state index contributed by atoms with van der Waals surface area (Å²) in [6.45, 7) is 3.06. The Morgan fingerprint density at radius 1 is 1.46 bits per heavy atom. The van der Waals surface area contributed by atoms with Crippen molar-refractivity contribution in [3.8, 4) is 0 Å². The van der Waals surface area contributed by atoms with Gasteiger partial charge in [-0.2, -0.15) is 0 Å². The number of hydrogen-bond donors (Lipinski definition) is 1. The van der Waals surface area contributed by atoms with E-state index >= 15 is 0 Å². The second-order valence-corrected chi connectivity index (χ2v) is 3.27. The van der Waals surface area contributed by atoms with Crippen LogP contribution < -0.4 is 5.32 Å². The van der Waals surface area contributed by atoms with Gasteiger partial charge in [0.25, 0.3) is 0 Å². The molecule has 1 aromatic carbocycles. The summed E-state index contributed by atoms with van der Waals surface area (Å²) in [5, 5.41) is 3.34. The molecule has 0 aliphatic carbocycles. The SMILES string of the molecule is CC1NCCc2cc(F)ccc21.Cl. The van der Waals surface area contributed by atoms with Crippen molar-refractivity contribution in [1.29, 1.82) is 0 Å². The van der Waals surface area contributed by atoms with Gasteiger partial charge >= 0.3 is 0 Å². The third-order valence-electron chi connectivity index (χ3n) is 2.42. The molecule has 1 nitrogen and oxygen atoms in total. The number of halogens is 2. The summed E-state index contributed by atoms with van der Waals surface area (Å²) in [6.07, 6.45) is 0.942. The van der Waals surface area contributed by atoms with Crippen molar-refractivity contribution in [2.24, 2.45) is 0 Å². The first-order chi connectivity index (χ1) is 5.77. The lowest BCUT2D eigenvalue weighted by atomic mass is 9.95. The first-order valence-corrected chi connectivity index (χ1v) is 4.29. The van der Waals surface area contributed by atoms with Crippen LogP contribution in [0, 0.1) is 5.82 Å². The molecule has 0 saturated carbocycles. The Bertz CT molecular complexity index is 301. The van der Waals surface area contributed by atoms with Gasteiger partial charge in [-0.25, -0.2) is 4.39 Å². The molecule has 0 aromatic heterocycles. The van der Waals surface area contributed by atoms with Crippen LogP contribution in [0.25, 0.3) is 0 Å². The molecule has 3 heteroatoms. The number of nitrogens with one attached hydrogen (secondary N) is 1. The van der Waals surface area contributed by atoms with Gasteiger partial charge < -0.3 is 5.32 Å². The van der Waals surface area contributed by atoms with Crippen LogP contribution in [-0.2, 0) is 6.42 Å². The maximum atomic E-state index is 12.8. The molecule has 0 saturated heterocycles. The fourth-order valence-electron chi connectivity index (χ4n) is 1.75. The van der Waals surface area contributed by atoms with Gasteiger partial charge in [0.2, 0.25) is 0 Å². The zero-order chi connectivity index (χ0) is 8.55.